The molecule has 3 aromatic heterocycles. The fraction of sp³-hybridized carbons (Fsp3) is 0.0870. The van der Waals surface area contributed by atoms with Crippen molar-refractivity contribution in [3.63, 3.8) is 0 Å². The number of rotatable bonds is 4. The summed E-state index contributed by atoms with van der Waals surface area (Å²) in [6.07, 6.45) is 6.07. The molecule has 0 spiro atoms. The van der Waals surface area contributed by atoms with Crippen molar-refractivity contribution in [1.82, 2.24) is 9.13 Å². The van der Waals surface area contributed by atoms with Gasteiger partial charge in [0.05, 0.1) is 16.6 Å². The van der Waals surface area contributed by atoms with Gasteiger partial charge >= 0.3 is 0 Å². The number of benzene rings is 6. The van der Waals surface area contributed by atoms with E-state index < -0.39 is 0 Å². The van der Waals surface area contributed by atoms with Crippen LogP contribution in [0, 0.1) is 6.92 Å². The highest BCUT2D eigenvalue weighted by molar-refractivity contribution is 7.26. The Morgan fingerprint density at radius 3 is 1.94 bits per heavy atom. The number of nitrogens with zero attached hydrogens (tertiary/aromatic N) is 2. The largest absolute Gasteiger partial charge is 0.310 e. The summed E-state index contributed by atoms with van der Waals surface area (Å²) in [4.78, 5) is 0. The summed E-state index contributed by atoms with van der Waals surface area (Å²) in [5.74, 6) is 0. The average Bonchev–Trinajstić information content (AvgIpc) is 3.82. The summed E-state index contributed by atoms with van der Waals surface area (Å²) in [6, 6.07) is 45.2. The monoisotopic (exact) mass is 646 g/mol. The van der Waals surface area contributed by atoms with Gasteiger partial charge in [-0.05, 0) is 89.3 Å². The second kappa shape index (κ2) is 10.2. The summed E-state index contributed by atoms with van der Waals surface area (Å²) >= 11 is 1.91. The molecule has 0 unspecified atom stereocenters. The molecule has 0 amide bonds. The third-order valence-corrected chi connectivity index (χ3v) is 12.1. The van der Waals surface area contributed by atoms with Crippen LogP contribution >= 0.6 is 11.3 Å². The highest BCUT2D eigenvalue weighted by Crippen LogP contribution is 2.51. The van der Waals surface area contributed by atoms with Crippen molar-refractivity contribution in [2.24, 2.45) is 0 Å². The predicted octanol–water partition coefficient (Wildman–Crippen LogP) is 12.9. The fourth-order valence-electron chi connectivity index (χ4n) is 8.56. The molecular formula is C46H34N2S. The molecule has 0 aliphatic heterocycles. The minimum Gasteiger partial charge on any atom is -0.310 e. The van der Waals surface area contributed by atoms with Crippen LogP contribution in [0.2, 0.25) is 0 Å². The summed E-state index contributed by atoms with van der Waals surface area (Å²) in [5.41, 5.74) is 13.8. The van der Waals surface area contributed by atoms with Gasteiger partial charge in [0.15, 0.2) is 0 Å². The SMILES string of the molecule is C=C/C=C\c1c(C)c2ccccc2n1-c1ccc2c(c1)C(C)(C)c1cc(-n3c4ccccc4c4c5sc6ccccc6c5ccc43)ccc1-2. The van der Waals surface area contributed by atoms with Crippen molar-refractivity contribution in [2.45, 2.75) is 26.2 Å². The van der Waals surface area contributed by atoms with Crippen LogP contribution in [0.3, 0.4) is 0 Å². The quantitative estimate of drug-likeness (QED) is 0.168. The Morgan fingerprint density at radius 1 is 0.612 bits per heavy atom. The van der Waals surface area contributed by atoms with E-state index in [1.807, 2.05) is 23.5 Å². The fourth-order valence-corrected chi connectivity index (χ4v) is 9.82. The Bertz CT molecular complexity index is 2890. The Hall–Kier alpha value is -5.64. The number of thiophene rings is 1. The van der Waals surface area contributed by atoms with Crippen molar-refractivity contribution in [1.29, 1.82) is 0 Å². The maximum atomic E-state index is 3.93. The van der Waals surface area contributed by atoms with E-state index in [-0.39, 0.29) is 5.41 Å². The van der Waals surface area contributed by atoms with Crippen molar-refractivity contribution >= 4 is 70.3 Å². The maximum absolute atomic E-state index is 3.93. The first-order valence-corrected chi connectivity index (χ1v) is 17.8. The highest BCUT2D eigenvalue weighted by atomic mass is 32.1. The molecule has 0 radical (unpaired) electrons. The van der Waals surface area contributed by atoms with Gasteiger partial charge in [0.2, 0.25) is 0 Å². The molecule has 0 atom stereocenters. The van der Waals surface area contributed by atoms with E-state index in [0.717, 1.165) is 0 Å². The van der Waals surface area contributed by atoms with Crippen molar-refractivity contribution in [3.8, 4) is 22.5 Å². The van der Waals surface area contributed by atoms with Gasteiger partial charge in [0.25, 0.3) is 0 Å². The van der Waals surface area contributed by atoms with E-state index in [2.05, 4.69) is 164 Å². The van der Waals surface area contributed by atoms with Gasteiger partial charge in [0.1, 0.15) is 0 Å². The molecule has 0 bridgehead atoms. The van der Waals surface area contributed by atoms with Gasteiger partial charge in [-0.1, -0.05) is 105 Å². The van der Waals surface area contributed by atoms with Gasteiger partial charge in [-0.15, -0.1) is 11.3 Å². The summed E-state index contributed by atoms with van der Waals surface area (Å²) in [5, 5.41) is 6.60. The smallest absolute Gasteiger partial charge is 0.0555 e. The van der Waals surface area contributed by atoms with Crippen LogP contribution in [0.4, 0.5) is 0 Å². The minimum atomic E-state index is -0.177. The van der Waals surface area contributed by atoms with Gasteiger partial charge < -0.3 is 9.13 Å². The summed E-state index contributed by atoms with van der Waals surface area (Å²) < 4.78 is 7.59. The molecule has 0 saturated carbocycles. The lowest BCUT2D eigenvalue weighted by atomic mass is 9.82. The predicted molar refractivity (Wildman–Crippen MR) is 212 cm³/mol. The lowest BCUT2D eigenvalue weighted by Gasteiger charge is -2.23. The molecule has 2 nitrogen and oxygen atoms in total. The van der Waals surface area contributed by atoms with E-state index >= 15 is 0 Å². The highest BCUT2D eigenvalue weighted by Gasteiger charge is 2.36. The van der Waals surface area contributed by atoms with E-state index in [1.165, 1.54) is 97.8 Å². The number of hydrogen-bond acceptors (Lipinski definition) is 1. The minimum absolute atomic E-state index is 0.177. The van der Waals surface area contributed by atoms with Gasteiger partial charge in [-0.3, -0.25) is 0 Å². The molecule has 6 aromatic carbocycles. The van der Waals surface area contributed by atoms with E-state index in [1.54, 1.807) is 0 Å². The molecule has 10 rings (SSSR count). The zero-order valence-corrected chi connectivity index (χ0v) is 28.6. The molecule has 9 aromatic rings. The third-order valence-electron chi connectivity index (χ3n) is 10.9. The summed E-state index contributed by atoms with van der Waals surface area (Å²) in [7, 11) is 0. The molecule has 0 fully saturated rings. The Labute approximate surface area is 289 Å². The topological polar surface area (TPSA) is 9.86 Å². The third kappa shape index (κ3) is 3.82. The average molecular weight is 647 g/mol. The van der Waals surface area contributed by atoms with E-state index in [0.29, 0.717) is 0 Å². The van der Waals surface area contributed by atoms with Crippen LogP contribution in [0.1, 0.15) is 36.2 Å². The van der Waals surface area contributed by atoms with Gasteiger partial charge in [-0.25, -0.2) is 0 Å². The second-order valence-corrected chi connectivity index (χ2v) is 14.9. The second-order valence-electron chi connectivity index (χ2n) is 13.8. The van der Waals surface area contributed by atoms with Gasteiger partial charge in [-0.2, -0.15) is 0 Å². The first kappa shape index (κ1) is 28.4. The van der Waals surface area contributed by atoms with E-state index in [4.69, 9.17) is 0 Å². The molecule has 234 valence electrons. The molecular weight excluding hydrogens is 613 g/mol. The lowest BCUT2D eigenvalue weighted by molar-refractivity contribution is 0.659. The number of allylic oxidation sites excluding steroid dienone is 2. The van der Waals surface area contributed by atoms with Crippen LogP contribution in [0.5, 0.6) is 0 Å². The molecule has 1 aliphatic carbocycles. The van der Waals surface area contributed by atoms with Crippen LogP contribution in [0.15, 0.2) is 140 Å². The Kier molecular flexibility index (Phi) is 5.90. The van der Waals surface area contributed by atoms with Crippen LogP contribution in [-0.4, -0.2) is 9.13 Å². The van der Waals surface area contributed by atoms with Gasteiger partial charge in [0, 0.05) is 58.8 Å². The zero-order chi connectivity index (χ0) is 33.0. The number of aryl methyl sites for hydroxylation is 1. The Balaban J connectivity index is 1.16. The molecule has 0 N–H and O–H groups in total. The van der Waals surface area contributed by atoms with E-state index in [9.17, 15) is 0 Å². The normalized spacial score (nSPS) is 13.8. The van der Waals surface area contributed by atoms with Crippen LogP contribution < -0.4 is 0 Å². The molecule has 3 heterocycles. The first-order chi connectivity index (χ1) is 24.0. The molecule has 1 aliphatic rings. The lowest BCUT2D eigenvalue weighted by Crippen LogP contribution is -2.16. The number of hydrogen-bond donors (Lipinski definition) is 0. The van der Waals surface area contributed by atoms with Crippen LogP contribution in [-0.2, 0) is 5.41 Å². The summed E-state index contributed by atoms with van der Waals surface area (Å²) in [6.45, 7) is 10.9. The Morgan fingerprint density at radius 2 is 1.22 bits per heavy atom. The first-order valence-electron chi connectivity index (χ1n) is 17.0. The van der Waals surface area contributed by atoms with Crippen molar-refractivity contribution in [3.05, 3.63) is 162 Å². The number of para-hydroxylation sites is 2. The number of aromatic nitrogens is 2. The zero-order valence-electron chi connectivity index (χ0n) is 27.8. The molecule has 49 heavy (non-hydrogen) atoms. The van der Waals surface area contributed by atoms with Crippen molar-refractivity contribution < 1.29 is 0 Å². The van der Waals surface area contributed by atoms with Crippen molar-refractivity contribution in [2.75, 3.05) is 0 Å². The number of fused-ring (bicyclic) bond motifs is 11. The maximum Gasteiger partial charge on any atom is 0.0555 e. The molecule has 0 saturated heterocycles. The standard InChI is InChI=1S/C46H34N2S/c1-5-6-16-39-28(2)31-13-7-10-17-40(31)47(39)29-20-22-32-33-23-21-30(27-38(33)46(3,4)37(32)26-29)48-41-18-11-8-15-36(41)44-42(48)25-24-35-34-14-9-12-19-43(34)49-45(35)44/h5-27H,1H2,2-4H3/b16-6-. The van der Waals surface area contributed by atoms with Crippen LogP contribution in [0.25, 0.3) is 81.5 Å². The molecule has 3 heteroatoms.